The molecule has 8 aromatic carbocycles. The molecule has 0 amide bonds. The molecule has 0 fully saturated rings. The van der Waals surface area contributed by atoms with E-state index in [1.807, 2.05) is 0 Å². The maximum atomic E-state index is 2.58. The molecule has 2 nitrogen and oxygen atoms in total. The number of rotatable bonds is 6. The first-order valence-corrected chi connectivity index (χ1v) is 18.1. The van der Waals surface area contributed by atoms with Gasteiger partial charge in [-0.05, 0) is 93.5 Å². The molecule has 1 heterocycles. The van der Waals surface area contributed by atoms with Crippen LogP contribution in [0.3, 0.4) is 0 Å². The summed E-state index contributed by atoms with van der Waals surface area (Å²) in [7, 11) is 0. The lowest BCUT2D eigenvalue weighted by molar-refractivity contribution is 0.702. The first-order chi connectivity index (χ1) is 25.8. The highest BCUT2D eigenvalue weighted by atomic mass is 15.2. The number of para-hydroxylation sites is 2. The van der Waals surface area contributed by atoms with E-state index in [2.05, 4.69) is 210 Å². The molecule has 1 aliphatic carbocycles. The van der Waals surface area contributed by atoms with Crippen molar-refractivity contribution in [3.63, 3.8) is 0 Å². The molecule has 0 spiro atoms. The lowest BCUT2D eigenvalue weighted by atomic mass is 9.89. The van der Waals surface area contributed by atoms with Crippen molar-refractivity contribution in [3.05, 3.63) is 205 Å². The van der Waals surface area contributed by atoms with Gasteiger partial charge < -0.3 is 9.47 Å². The van der Waals surface area contributed by atoms with Gasteiger partial charge in [-0.1, -0.05) is 152 Å². The minimum absolute atomic E-state index is 0.128. The molecule has 0 aliphatic heterocycles. The maximum Gasteiger partial charge on any atom is 0.0632 e. The van der Waals surface area contributed by atoms with E-state index in [1.54, 1.807) is 0 Å². The SMILES string of the molecule is C1=Cc2ccccc2C(N(c2cccc(-c3cccc4c3c3cc5ccccc5cc3n4-c3ccccc3)c2)c2ccccc2-c2ccccc2)C1. The average molecular weight is 665 g/mol. The molecule has 10 rings (SSSR count). The summed E-state index contributed by atoms with van der Waals surface area (Å²) in [6.45, 7) is 0. The molecule has 0 radical (unpaired) electrons. The van der Waals surface area contributed by atoms with E-state index in [9.17, 15) is 0 Å². The fourth-order valence-corrected chi connectivity index (χ4v) is 8.37. The minimum atomic E-state index is 0.128. The fraction of sp³-hybridized carbons (Fsp3) is 0.0400. The van der Waals surface area contributed by atoms with Crippen LogP contribution in [0.25, 0.3) is 66.6 Å². The summed E-state index contributed by atoms with van der Waals surface area (Å²) in [4.78, 5) is 2.58. The van der Waals surface area contributed by atoms with Gasteiger partial charge in [-0.2, -0.15) is 0 Å². The average Bonchev–Trinajstić information content (AvgIpc) is 3.54. The third-order valence-corrected chi connectivity index (χ3v) is 10.7. The quantitative estimate of drug-likeness (QED) is 0.172. The highest BCUT2D eigenvalue weighted by Crippen LogP contribution is 2.46. The van der Waals surface area contributed by atoms with Crippen molar-refractivity contribution in [2.45, 2.75) is 12.5 Å². The van der Waals surface area contributed by atoms with Gasteiger partial charge in [-0.15, -0.1) is 0 Å². The Labute approximate surface area is 304 Å². The molecule has 246 valence electrons. The molecule has 9 aromatic rings. The molecule has 52 heavy (non-hydrogen) atoms. The summed E-state index contributed by atoms with van der Waals surface area (Å²) < 4.78 is 2.43. The highest BCUT2D eigenvalue weighted by Gasteiger charge is 2.28. The lowest BCUT2D eigenvalue weighted by Gasteiger charge is -2.37. The number of hydrogen-bond donors (Lipinski definition) is 0. The predicted molar refractivity (Wildman–Crippen MR) is 221 cm³/mol. The van der Waals surface area contributed by atoms with E-state index in [1.165, 1.54) is 77.3 Å². The van der Waals surface area contributed by atoms with Crippen molar-refractivity contribution in [2.24, 2.45) is 0 Å². The smallest absolute Gasteiger partial charge is 0.0632 e. The number of nitrogens with zero attached hydrogens (tertiary/aromatic N) is 2. The normalized spacial score (nSPS) is 13.8. The fourth-order valence-electron chi connectivity index (χ4n) is 8.37. The number of fused-ring (bicyclic) bond motifs is 5. The van der Waals surface area contributed by atoms with Crippen molar-refractivity contribution in [2.75, 3.05) is 4.90 Å². The number of benzene rings is 8. The van der Waals surface area contributed by atoms with E-state index in [0.29, 0.717) is 0 Å². The van der Waals surface area contributed by atoms with Crippen LogP contribution in [0, 0.1) is 0 Å². The van der Waals surface area contributed by atoms with Crippen LogP contribution in [-0.2, 0) is 0 Å². The van der Waals surface area contributed by atoms with Crippen molar-refractivity contribution in [1.29, 1.82) is 0 Å². The monoisotopic (exact) mass is 664 g/mol. The first kappa shape index (κ1) is 30.2. The second-order valence-corrected chi connectivity index (χ2v) is 13.7. The van der Waals surface area contributed by atoms with Gasteiger partial charge in [0.2, 0.25) is 0 Å². The Kier molecular flexibility index (Phi) is 7.32. The number of aromatic nitrogens is 1. The summed E-state index contributed by atoms with van der Waals surface area (Å²) in [5.41, 5.74) is 13.4. The maximum absolute atomic E-state index is 2.58. The van der Waals surface area contributed by atoms with Crippen molar-refractivity contribution in [1.82, 2.24) is 4.57 Å². The zero-order chi connectivity index (χ0) is 34.4. The lowest BCUT2D eigenvalue weighted by Crippen LogP contribution is -2.26. The van der Waals surface area contributed by atoms with Gasteiger partial charge in [0.05, 0.1) is 17.1 Å². The molecule has 1 aromatic heterocycles. The second-order valence-electron chi connectivity index (χ2n) is 13.7. The van der Waals surface area contributed by atoms with Crippen molar-refractivity contribution < 1.29 is 0 Å². The molecule has 0 saturated carbocycles. The summed E-state index contributed by atoms with van der Waals surface area (Å²) in [6.07, 6.45) is 5.52. The van der Waals surface area contributed by atoms with E-state index in [4.69, 9.17) is 0 Å². The molecule has 2 heteroatoms. The third-order valence-electron chi connectivity index (χ3n) is 10.7. The highest BCUT2D eigenvalue weighted by molar-refractivity contribution is 6.18. The van der Waals surface area contributed by atoms with Gasteiger partial charge in [0.15, 0.2) is 0 Å². The topological polar surface area (TPSA) is 8.17 Å². The van der Waals surface area contributed by atoms with Crippen LogP contribution in [0.2, 0.25) is 0 Å². The standard InChI is InChI=1S/C50H36N2/c1-3-16-35(17-4-1)42-27-11-12-29-46(42)52(47-30-14-21-36-18-9-10-26-43(36)47)41-25-13-22-39(32-41)44-28-15-31-48-50(44)45-33-37-19-7-8-20-38(37)34-49(45)51(48)40-23-5-2-6-24-40/h1-29,31-34,47H,30H2. The van der Waals surface area contributed by atoms with Crippen LogP contribution in [0.4, 0.5) is 11.4 Å². The predicted octanol–water partition coefficient (Wildman–Crippen LogP) is 13.6. The Bertz CT molecular complexity index is 2770. The molecule has 1 atom stereocenters. The van der Waals surface area contributed by atoms with Crippen molar-refractivity contribution >= 4 is 50.0 Å². The van der Waals surface area contributed by atoms with Gasteiger partial charge in [0.25, 0.3) is 0 Å². The zero-order valence-corrected chi connectivity index (χ0v) is 28.7. The summed E-state index contributed by atoms with van der Waals surface area (Å²) in [5, 5.41) is 5.02. The molecule has 1 unspecified atom stereocenters. The second kappa shape index (κ2) is 12.6. The summed E-state index contributed by atoms with van der Waals surface area (Å²) >= 11 is 0. The van der Waals surface area contributed by atoms with Gasteiger partial charge in [0, 0.05) is 33.4 Å². The van der Waals surface area contributed by atoms with Crippen LogP contribution in [-0.4, -0.2) is 4.57 Å². The van der Waals surface area contributed by atoms with E-state index in [0.717, 1.165) is 12.1 Å². The first-order valence-electron chi connectivity index (χ1n) is 18.1. The van der Waals surface area contributed by atoms with Crippen LogP contribution in [0.15, 0.2) is 194 Å². The van der Waals surface area contributed by atoms with Crippen LogP contribution in [0.5, 0.6) is 0 Å². The van der Waals surface area contributed by atoms with Gasteiger partial charge in [0.1, 0.15) is 0 Å². The number of anilines is 2. The minimum Gasteiger partial charge on any atom is -0.333 e. The zero-order valence-electron chi connectivity index (χ0n) is 28.7. The Hall–Kier alpha value is -6.64. The largest absolute Gasteiger partial charge is 0.333 e. The summed E-state index contributed by atoms with van der Waals surface area (Å²) in [6, 6.07) is 68.8. The van der Waals surface area contributed by atoms with Crippen LogP contribution in [0.1, 0.15) is 23.6 Å². The Balaban J connectivity index is 1.22. The summed E-state index contributed by atoms with van der Waals surface area (Å²) in [5.74, 6) is 0. The van der Waals surface area contributed by atoms with Gasteiger partial charge in [-0.3, -0.25) is 0 Å². The van der Waals surface area contributed by atoms with Crippen LogP contribution >= 0.6 is 0 Å². The molecular formula is C50H36N2. The molecule has 1 aliphatic rings. The third kappa shape index (κ3) is 5.03. The molecule has 0 saturated heterocycles. The van der Waals surface area contributed by atoms with Gasteiger partial charge in [-0.25, -0.2) is 0 Å². The van der Waals surface area contributed by atoms with Gasteiger partial charge >= 0.3 is 0 Å². The van der Waals surface area contributed by atoms with Crippen LogP contribution < -0.4 is 4.90 Å². The molecule has 0 bridgehead atoms. The van der Waals surface area contributed by atoms with Crippen molar-refractivity contribution in [3.8, 4) is 27.9 Å². The molecule has 0 N–H and O–H groups in total. The Morgan fingerprint density at radius 2 is 1.17 bits per heavy atom. The number of hydrogen-bond acceptors (Lipinski definition) is 1. The van der Waals surface area contributed by atoms with E-state index < -0.39 is 0 Å². The Morgan fingerprint density at radius 1 is 0.500 bits per heavy atom. The Morgan fingerprint density at radius 3 is 2.04 bits per heavy atom. The molecular weight excluding hydrogens is 629 g/mol. The van der Waals surface area contributed by atoms with E-state index in [-0.39, 0.29) is 6.04 Å². The van der Waals surface area contributed by atoms with E-state index >= 15 is 0 Å².